The lowest BCUT2D eigenvalue weighted by atomic mass is 10.1. The van der Waals surface area contributed by atoms with Gasteiger partial charge in [-0.1, -0.05) is 35.9 Å². The van der Waals surface area contributed by atoms with Crippen LogP contribution in [-0.2, 0) is 16.0 Å². The van der Waals surface area contributed by atoms with Gasteiger partial charge in [-0.25, -0.2) is 0 Å². The van der Waals surface area contributed by atoms with E-state index in [1.807, 2.05) is 25.1 Å². The van der Waals surface area contributed by atoms with Gasteiger partial charge in [-0.05, 0) is 43.2 Å². The van der Waals surface area contributed by atoms with Crippen molar-refractivity contribution in [3.63, 3.8) is 0 Å². The lowest BCUT2D eigenvalue weighted by molar-refractivity contribution is -0.130. The van der Waals surface area contributed by atoms with Crippen molar-refractivity contribution in [2.24, 2.45) is 0 Å². The van der Waals surface area contributed by atoms with Gasteiger partial charge >= 0.3 is 0 Å². The molecule has 26 heavy (non-hydrogen) atoms. The number of benzene rings is 2. The Balaban J connectivity index is 1.70. The summed E-state index contributed by atoms with van der Waals surface area (Å²) < 4.78 is 10.8. The van der Waals surface area contributed by atoms with Crippen LogP contribution in [0.4, 0.5) is 0 Å². The third-order valence-corrected chi connectivity index (χ3v) is 3.61. The van der Waals surface area contributed by atoms with Gasteiger partial charge in [-0.2, -0.15) is 0 Å². The number of carbonyl (C=O) groups excluding carboxylic acids is 2. The molecule has 2 N–H and O–H groups in total. The van der Waals surface area contributed by atoms with Gasteiger partial charge in [0.2, 0.25) is 5.91 Å². The van der Waals surface area contributed by atoms with Crippen molar-refractivity contribution in [2.45, 2.75) is 19.8 Å². The van der Waals surface area contributed by atoms with Crippen molar-refractivity contribution in [3.8, 4) is 11.5 Å². The Bertz CT molecular complexity index is 752. The van der Waals surface area contributed by atoms with E-state index in [0.29, 0.717) is 29.5 Å². The molecule has 0 bridgehead atoms. The number of nitrogens with one attached hydrogen (secondary N) is 2. The summed E-state index contributed by atoms with van der Waals surface area (Å²) in [6.07, 6.45) is 0.759. The van der Waals surface area contributed by atoms with E-state index >= 15 is 0 Å². The molecule has 138 valence electrons. The van der Waals surface area contributed by atoms with E-state index in [1.54, 1.807) is 30.3 Å². The number of carbonyl (C=O) groups is 2. The second-order valence-corrected chi connectivity index (χ2v) is 5.83. The maximum absolute atomic E-state index is 11.8. The number of aryl methyl sites for hydroxylation is 1. The molecular formula is C19H21ClN2O4. The van der Waals surface area contributed by atoms with Crippen LogP contribution in [0.2, 0.25) is 5.02 Å². The van der Waals surface area contributed by atoms with Crippen LogP contribution >= 0.6 is 11.6 Å². The summed E-state index contributed by atoms with van der Waals surface area (Å²) in [6, 6.07) is 14.4. The van der Waals surface area contributed by atoms with E-state index in [9.17, 15) is 9.59 Å². The summed E-state index contributed by atoms with van der Waals surface area (Å²) in [5.74, 6) is 0.269. The van der Waals surface area contributed by atoms with Crippen LogP contribution in [0.3, 0.4) is 0 Å². The highest BCUT2D eigenvalue weighted by atomic mass is 35.5. The average Bonchev–Trinajstić information content (AvgIpc) is 2.64. The largest absolute Gasteiger partial charge is 0.490 e. The van der Waals surface area contributed by atoms with Crippen molar-refractivity contribution >= 4 is 23.4 Å². The Hall–Kier alpha value is -2.73. The molecule has 7 heteroatoms. The normalized spacial score (nSPS) is 10.1. The second kappa shape index (κ2) is 10.3. The van der Waals surface area contributed by atoms with E-state index in [2.05, 4.69) is 10.9 Å². The SMILES string of the molecule is CCOc1ccccc1OCC(=O)NNC(=O)CCc1cccc(Cl)c1. The number of hydrogen-bond donors (Lipinski definition) is 2. The number of amides is 2. The molecule has 0 atom stereocenters. The Kier molecular flexibility index (Phi) is 7.76. The van der Waals surface area contributed by atoms with E-state index in [4.69, 9.17) is 21.1 Å². The lowest BCUT2D eigenvalue weighted by Crippen LogP contribution is -2.43. The minimum Gasteiger partial charge on any atom is -0.490 e. The molecule has 0 unspecified atom stereocenters. The summed E-state index contributed by atoms with van der Waals surface area (Å²) in [5, 5.41) is 0.626. The maximum atomic E-state index is 11.8. The monoisotopic (exact) mass is 376 g/mol. The number of halogens is 1. The van der Waals surface area contributed by atoms with Gasteiger partial charge < -0.3 is 9.47 Å². The van der Waals surface area contributed by atoms with E-state index in [1.165, 1.54) is 0 Å². The molecule has 2 amide bonds. The van der Waals surface area contributed by atoms with Crippen LogP contribution < -0.4 is 20.3 Å². The van der Waals surface area contributed by atoms with Gasteiger partial charge in [-0.15, -0.1) is 0 Å². The summed E-state index contributed by atoms with van der Waals surface area (Å²) in [5.41, 5.74) is 5.64. The molecule has 2 rings (SSSR count). The summed E-state index contributed by atoms with van der Waals surface area (Å²) in [7, 11) is 0. The van der Waals surface area contributed by atoms with Crippen LogP contribution in [-0.4, -0.2) is 25.0 Å². The molecule has 2 aromatic carbocycles. The third kappa shape index (κ3) is 6.64. The van der Waals surface area contributed by atoms with Gasteiger partial charge in [0.1, 0.15) is 0 Å². The standard InChI is InChI=1S/C19H21ClN2O4/c1-2-25-16-8-3-4-9-17(16)26-13-19(24)22-21-18(23)11-10-14-6-5-7-15(20)12-14/h3-9,12H,2,10-11,13H2,1H3,(H,21,23)(H,22,24). The Morgan fingerprint density at radius 1 is 0.962 bits per heavy atom. The molecule has 0 aromatic heterocycles. The Labute approximate surface area is 157 Å². The number of hydrogen-bond acceptors (Lipinski definition) is 4. The first-order valence-electron chi connectivity index (χ1n) is 8.25. The van der Waals surface area contributed by atoms with Crippen molar-refractivity contribution in [3.05, 3.63) is 59.1 Å². The molecule has 0 aliphatic rings. The van der Waals surface area contributed by atoms with Crippen LogP contribution in [0.1, 0.15) is 18.9 Å². The minimum absolute atomic E-state index is 0.231. The first kappa shape index (κ1) is 19.6. The van der Waals surface area contributed by atoms with Crippen molar-refractivity contribution in [1.29, 1.82) is 0 Å². The Morgan fingerprint density at radius 2 is 1.65 bits per heavy atom. The highest BCUT2D eigenvalue weighted by Crippen LogP contribution is 2.26. The molecule has 0 saturated carbocycles. The molecule has 6 nitrogen and oxygen atoms in total. The van der Waals surface area contributed by atoms with Gasteiger partial charge in [0.25, 0.3) is 5.91 Å². The topological polar surface area (TPSA) is 76.7 Å². The summed E-state index contributed by atoms with van der Waals surface area (Å²) in [4.78, 5) is 23.6. The first-order chi connectivity index (χ1) is 12.6. The molecule has 0 spiro atoms. The number of rotatable bonds is 8. The third-order valence-electron chi connectivity index (χ3n) is 3.38. The smallest absolute Gasteiger partial charge is 0.276 e. The molecule has 0 aliphatic heterocycles. The summed E-state index contributed by atoms with van der Waals surface area (Å²) >= 11 is 5.90. The van der Waals surface area contributed by atoms with Gasteiger partial charge in [0.15, 0.2) is 18.1 Å². The number of hydrazine groups is 1. The average molecular weight is 377 g/mol. The highest BCUT2D eigenvalue weighted by molar-refractivity contribution is 6.30. The van der Waals surface area contributed by atoms with Crippen LogP contribution in [0.15, 0.2) is 48.5 Å². The molecule has 0 radical (unpaired) electrons. The zero-order chi connectivity index (χ0) is 18.8. The molecule has 2 aromatic rings. The quantitative estimate of drug-likeness (QED) is 0.694. The molecule has 0 aliphatic carbocycles. The van der Waals surface area contributed by atoms with Crippen molar-refractivity contribution in [2.75, 3.05) is 13.2 Å². The van der Waals surface area contributed by atoms with Crippen molar-refractivity contribution < 1.29 is 19.1 Å². The van der Waals surface area contributed by atoms with E-state index in [-0.39, 0.29) is 18.9 Å². The summed E-state index contributed by atoms with van der Waals surface area (Å²) in [6.45, 7) is 2.12. The molecule has 0 heterocycles. The van der Waals surface area contributed by atoms with E-state index in [0.717, 1.165) is 5.56 Å². The van der Waals surface area contributed by atoms with Crippen LogP contribution in [0.5, 0.6) is 11.5 Å². The zero-order valence-corrected chi connectivity index (χ0v) is 15.2. The highest BCUT2D eigenvalue weighted by Gasteiger charge is 2.09. The van der Waals surface area contributed by atoms with Gasteiger partial charge in [-0.3, -0.25) is 20.4 Å². The first-order valence-corrected chi connectivity index (χ1v) is 8.63. The Morgan fingerprint density at radius 3 is 2.35 bits per heavy atom. The van der Waals surface area contributed by atoms with Crippen LogP contribution in [0.25, 0.3) is 0 Å². The fourth-order valence-corrected chi connectivity index (χ4v) is 2.39. The lowest BCUT2D eigenvalue weighted by Gasteiger charge is -2.12. The minimum atomic E-state index is -0.465. The van der Waals surface area contributed by atoms with Crippen molar-refractivity contribution in [1.82, 2.24) is 10.9 Å². The molecular weight excluding hydrogens is 356 g/mol. The predicted octanol–water partition coefficient (Wildman–Crippen LogP) is 2.90. The molecule has 0 fully saturated rings. The van der Waals surface area contributed by atoms with E-state index < -0.39 is 5.91 Å². The fraction of sp³-hybridized carbons (Fsp3) is 0.263. The molecule has 0 saturated heterocycles. The van der Waals surface area contributed by atoms with Gasteiger partial charge in [0, 0.05) is 11.4 Å². The number of ether oxygens (including phenoxy) is 2. The second-order valence-electron chi connectivity index (χ2n) is 5.39. The van der Waals surface area contributed by atoms with Gasteiger partial charge in [0.05, 0.1) is 6.61 Å². The fourth-order valence-electron chi connectivity index (χ4n) is 2.18. The predicted molar refractivity (Wildman–Crippen MR) is 99.2 cm³/mol. The van der Waals surface area contributed by atoms with Crippen LogP contribution in [0, 0.1) is 0 Å². The number of para-hydroxylation sites is 2. The maximum Gasteiger partial charge on any atom is 0.276 e. The zero-order valence-electron chi connectivity index (χ0n) is 14.5.